The lowest BCUT2D eigenvalue weighted by Crippen LogP contribution is -2.36. The molecular weight excluding hydrogens is 204 g/mol. The molecule has 15 heavy (non-hydrogen) atoms. The quantitative estimate of drug-likeness (QED) is 0.470. The fourth-order valence-electron chi connectivity index (χ4n) is 3.10. The highest BCUT2D eigenvalue weighted by Gasteiger charge is 2.37. The summed E-state index contributed by atoms with van der Waals surface area (Å²) in [7, 11) is 0. The molecule has 0 aromatic heterocycles. The van der Waals surface area contributed by atoms with Crippen LogP contribution in [0.2, 0.25) is 0 Å². The number of allylic oxidation sites excluding steroid dienone is 1. The monoisotopic (exact) mass is 228 g/mol. The molecule has 88 valence electrons. The van der Waals surface area contributed by atoms with E-state index in [0.717, 1.165) is 12.3 Å². The van der Waals surface area contributed by atoms with E-state index in [1.165, 1.54) is 24.8 Å². The highest BCUT2D eigenvalue weighted by atomic mass is 35.5. The van der Waals surface area contributed by atoms with Gasteiger partial charge in [0, 0.05) is 5.38 Å². The SMILES string of the molecule is C=C(C)CC(C)(C)C1CCC(C)CC1Cl. The average Bonchev–Trinajstić information content (AvgIpc) is 1.99. The van der Waals surface area contributed by atoms with E-state index < -0.39 is 0 Å². The molecule has 1 aliphatic rings. The molecule has 1 saturated carbocycles. The third kappa shape index (κ3) is 3.52. The summed E-state index contributed by atoms with van der Waals surface area (Å²) in [5.74, 6) is 1.47. The van der Waals surface area contributed by atoms with E-state index in [2.05, 4.69) is 34.3 Å². The van der Waals surface area contributed by atoms with Crippen LogP contribution in [-0.4, -0.2) is 5.38 Å². The van der Waals surface area contributed by atoms with Gasteiger partial charge in [0.15, 0.2) is 0 Å². The van der Waals surface area contributed by atoms with Crippen molar-refractivity contribution < 1.29 is 0 Å². The molecule has 0 radical (unpaired) electrons. The van der Waals surface area contributed by atoms with Crippen LogP contribution >= 0.6 is 11.6 Å². The Kier molecular flexibility index (Phi) is 4.29. The summed E-state index contributed by atoms with van der Waals surface area (Å²) in [6.45, 7) is 13.2. The predicted molar refractivity (Wildman–Crippen MR) is 69.4 cm³/mol. The van der Waals surface area contributed by atoms with Gasteiger partial charge in [0.1, 0.15) is 0 Å². The topological polar surface area (TPSA) is 0 Å². The van der Waals surface area contributed by atoms with Crippen LogP contribution in [0, 0.1) is 17.3 Å². The van der Waals surface area contributed by atoms with Crippen LogP contribution in [-0.2, 0) is 0 Å². The Morgan fingerprint density at radius 3 is 2.47 bits per heavy atom. The molecule has 0 heterocycles. The van der Waals surface area contributed by atoms with Gasteiger partial charge in [0.2, 0.25) is 0 Å². The summed E-state index contributed by atoms with van der Waals surface area (Å²) in [6.07, 6.45) is 4.92. The van der Waals surface area contributed by atoms with Crippen LogP contribution in [0.15, 0.2) is 12.2 Å². The predicted octanol–water partition coefficient (Wildman–Crippen LogP) is 5.02. The fraction of sp³-hybridized carbons (Fsp3) is 0.857. The van der Waals surface area contributed by atoms with Gasteiger partial charge in [-0.05, 0) is 43.4 Å². The second kappa shape index (κ2) is 4.91. The van der Waals surface area contributed by atoms with Gasteiger partial charge in [0.05, 0.1) is 0 Å². The number of hydrogen-bond donors (Lipinski definition) is 0. The van der Waals surface area contributed by atoms with Crippen molar-refractivity contribution in [3.05, 3.63) is 12.2 Å². The summed E-state index contributed by atoms with van der Waals surface area (Å²) in [5, 5.41) is 0.364. The summed E-state index contributed by atoms with van der Waals surface area (Å²) in [6, 6.07) is 0. The van der Waals surface area contributed by atoms with Gasteiger partial charge >= 0.3 is 0 Å². The first kappa shape index (κ1) is 13.1. The molecule has 0 aliphatic heterocycles. The van der Waals surface area contributed by atoms with Crippen LogP contribution in [0.5, 0.6) is 0 Å². The smallest absolute Gasteiger partial charge is 0.0372 e. The highest BCUT2D eigenvalue weighted by molar-refractivity contribution is 6.20. The zero-order valence-corrected chi connectivity index (χ0v) is 11.4. The van der Waals surface area contributed by atoms with Gasteiger partial charge in [-0.3, -0.25) is 0 Å². The second-order valence-corrected chi connectivity index (χ2v) is 6.72. The Hall–Kier alpha value is 0.0300. The average molecular weight is 229 g/mol. The molecule has 0 spiro atoms. The molecular formula is C14H25Cl. The first-order valence-corrected chi connectivity index (χ1v) is 6.55. The van der Waals surface area contributed by atoms with Crippen molar-refractivity contribution in [2.75, 3.05) is 0 Å². The van der Waals surface area contributed by atoms with E-state index in [4.69, 9.17) is 11.6 Å². The van der Waals surface area contributed by atoms with Crippen LogP contribution < -0.4 is 0 Å². The fourth-order valence-corrected chi connectivity index (χ4v) is 3.87. The van der Waals surface area contributed by atoms with Crippen molar-refractivity contribution >= 4 is 11.6 Å². The third-order valence-corrected chi connectivity index (χ3v) is 4.28. The van der Waals surface area contributed by atoms with Crippen LogP contribution in [0.3, 0.4) is 0 Å². The molecule has 0 saturated heterocycles. The van der Waals surface area contributed by atoms with Gasteiger partial charge < -0.3 is 0 Å². The number of halogens is 1. The summed E-state index contributed by atoms with van der Waals surface area (Å²) < 4.78 is 0. The maximum Gasteiger partial charge on any atom is 0.0372 e. The van der Waals surface area contributed by atoms with Crippen molar-refractivity contribution in [2.45, 2.75) is 58.8 Å². The lowest BCUT2D eigenvalue weighted by atomic mass is 9.66. The molecule has 0 bridgehead atoms. The molecule has 0 amide bonds. The molecule has 0 N–H and O–H groups in total. The highest BCUT2D eigenvalue weighted by Crippen LogP contribution is 2.45. The van der Waals surface area contributed by atoms with Gasteiger partial charge in [-0.15, -0.1) is 18.2 Å². The molecule has 1 heteroatoms. The Balaban J connectivity index is 2.65. The zero-order chi connectivity index (χ0) is 11.6. The molecule has 0 nitrogen and oxygen atoms in total. The van der Waals surface area contributed by atoms with E-state index in [1.807, 2.05) is 0 Å². The van der Waals surface area contributed by atoms with E-state index in [1.54, 1.807) is 0 Å². The standard InChI is InChI=1S/C14H25Cl/c1-10(2)9-14(4,5)12-7-6-11(3)8-13(12)15/h11-13H,1,6-9H2,2-5H3. The van der Waals surface area contributed by atoms with E-state index in [0.29, 0.717) is 16.7 Å². The summed E-state index contributed by atoms with van der Waals surface area (Å²) >= 11 is 6.52. The van der Waals surface area contributed by atoms with Crippen LogP contribution in [0.1, 0.15) is 53.4 Å². The van der Waals surface area contributed by atoms with Gasteiger partial charge in [-0.2, -0.15) is 0 Å². The summed E-state index contributed by atoms with van der Waals surface area (Å²) in [4.78, 5) is 0. The maximum atomic E-state index is 6.52. The molecule has 1 rings (SSSR count). The summed E-state index contributed by atoms with van der Waals surface area (Å²) in [5.41, 5.74) is 1.60. The largest absolute Gasteiger partial charge is 0.123 e. The number of rotatable bonds is 3. The second-order valence-electron chi connectivity index (χ2n) is 6.16. The molecule has 3 atom stereocenters. The lowest BCUT2D eigenvalue weighted by Gasteiger charge is -2.42. The van der Waals surface area contributed by atoms with E-state index in [-0.39, 0.29) is 0 Å². The third-order valence-electron chi connectivity index (χ3n) is 3.80. The number of hydrogen-bond acceptors (Lipinski definition) is 0. The minimum absolute atomic E-state index is 0.318. The Labute approximate surface area is 100 Å². The van der Waals surface area contributed by atoms with E-state index in [9.17, 15) is 0 Å². The molecule has 0 aromatic carbocycles. The van der Waals surface area contributed by atoms with Crippen molar-refractivity contribution in [1.82, 2.24) is 0 Å². The van der Waals surface area contributed by atoms with Crippen molar-refractivity contribution in [3.63, 3.8) is 0 Å². The molecule has 1 aliphatic carbocycles. The Bertz CT molecular complexity index is 229. The Morgan fingerprint density at radius 2 is 2.00 bits per heavy atom. The van der Waals surface area contributed by atoms with Crippen molar-refractivity contribution in [1.29, 1.82) is 0 Å². The van der Waals surface area contributed by atoms with Crippen LogP contribution in [0.4, 0.5) is 0 Å². The van der Waals surface area contributed by atoms with Gasteiger partial charge in [-0.1, -0.05) is 32.8 Å². The van der Waals surface area contributed by atoms with Gasteiger partial charge in [-0.25, -0.2) is 0 Å². The number of alkyl halides is 1. The Morgan fingerprint density at radius 1 is 1.40 bits per heavy atom. The molecule has 1 fully saturated rings. The van der Waals surface area contributed by atoms with Crippen molar-refractivity contribution in [2.24, 2.45) is 17.3 Å². The minimum Gasteiger partial charge on any atom is -0.123 e. The lowest BCUT2D eigenvalue weighted by molar-refractivity contribution is 0.142. The first-order chi connectivity index (χ1) is 6.83. The van der Waals surface area contributed by atoms with Gasteiger partial charge in [0.25, 0.3) is 0 Å². The van der Waals surface area contributed by atoms with E-state index >= 15 is 0 Å². The molecule has 0 aromatic rings. The maximum absolute atomic E-state index is 6.52. The van der Waals surface area contributed by atoms with Crippen LogP contribution in [0.25, 0.3) is 0 Å². The first-order valence-electron chi connectivity index (χ1n) is 6.11. The normalized spacial score (nSPS) is 32.7. The molecule has 3 unspecified atom stereocenters. The van der Waals surface area contributed by atoms with Crippen molar-refractivity contribution in [3.8, 4) is 0 Å². The minimum atomic E-state index is 0.318. The zero-order valence-electron chi connectivity index (χ0n) is 10.6.